The quantitative estimate of drug-likeness (QED) is 0.640. The number of benzene rings is 2. The Morgan fingerprint density at radius 1 is 1.17 bits per heavy atom. The smallest absolute Gasteiger partial charge is 0.171 e. The van der Waals surface area contributed by atoms with E-state index in [0.717, 1.165) is 17.0 Å². The zero-order chi connectivity index (χ0) is 16.9. The minimum Gasteiger partial charge on any atom is -0.497 e. The molecule has 0 amide bonds. The summed E-state index contributed by atoms with van der Waals surface area (Å²) in [5.41, 5.74) is 8.08. The lowest BCUT2D eigenvalue weighted by Gasteiger charge is -2.07. The number of H-pyrrole nitrogens is 1. The molecular weight excluding hydrogens is 326 g/mol. The Balaban J connectivity index is 1.63. The molecule has 0 bridgehead atoms. The largest absolute Gasteiger partial charge is 0.497 e. The van der Waals surface area contributed by atoms with Crippen molar-refractivity contribution in [2.24, 2.45) is 5.73 Å². The zero-order valence-corrected chi connectivity index (χ0v) is 13.9. The molecule has 1 atom stereocenters. The normalized spacial score (nSPS) is 12.0. The van der Waals surface area contributed by atoms with Gasteiger partial charge in [0.25, 0.3) is 0 Å². The Kier molecular flexibility index (Phi) is 4.98. The molecule has 3 aromatic rings. The van der Waals surface area contributed by atoms with Crippen LogP contribution in [0.15, 0.2) is 48.5 Å². The van der Waals surface area contributed by atoms with Gasteiger partial charge in [-0.05, 0) is 42.0 Å². The van der Waals surface area contributed by atoms with Crippen molar-refractivity contribution in [1.29, 1.82) is 0 Å². The number of nitrogens with two attached hydrogens (primary N) is 1. The molecule has 24 heavy (non-hydrogen) atoms. The molecule has 7 heteroatoms. The second-order valence-corrected chi connectivity index (χ2v) is 5.69. The Morgan fingerprint density at radius 3 is 2.54 bits per heavy atom. The van der Waals surface area contributed by atoms with Gasteiger partial charge in [0.05, 0.1) is 19.7 Å². The van der Waals surface area contributed by atoms with Gasteiger partial charge >= 0.3 is 0 Å². The predicted molar refractivity (Wildman–Crippen MR) is 94.2 cm³/mol. The Morgan fingerprint density at radius 2 is 1.88 bits per heavy atom. The number of aromatic amines is 1. The highest BCUT2D eigenvalue weighted by molar-refractivity contribution is 6.30. The highest BCUT2D eigenvalue weighted by Gasteiger charge is 2.14. The summed E-state index contributed by atoms with van der Waals surface area (Å²) in [7, 11) is 1.64. The van der Waals surface area contributed by atoms with Crippen molar-refractivity contribution in [1.82, 2.24) is 15.2 Å². The minimum absolute atomic E-state index is 0.395. The summed E-state index contributed by atoms with van der Waals surface area (Å²) in [6.07, 6.45) is 0. The molecule has 6 nitrogen and oxygen atoms in total. The monoisotopic (exact) mass is 343 g/mol. The summed E-state index contributed by atoms with van der Waals surface area (Å²) in [6, 6.07) is 14.6. The van der Waals surface area contributed by atoms with Crippen molar-refractivity contribution in [3.05, 3.63) is 70.8 Å². The summed E-state index contributed by atoms with van der Waals surface area (Å²) in [5.74, 6) is 2.07. The van der Waals surface area contributed by atoms with Gasteiger partial charge in [0.15, 0.2) is 5.82 Å². The van der Waals surface area contributed by atoms with Gasteiger partial charge in [0.1, 0.15) is 11.6 Å². The molecule has 0 radical (unpaired) electrons. The lowest BCUT2D eigenvalue weighted by Crippen LogP contribution is -2.13. The van der Waals surface area contributed by atoms with E-state index in [9.17, 15) is 0 Å². The number of anilines is 1. The van der Waals surface area contributed by atoms with Crippen molar-refractivity contribution in [2.75, 3.05) is 12.4 Å². The van der Waals surface area contributed by atoms with E-state index in [2.05, 4.69) is 20.5 Å². The molecule has 2 aromatic carbocycles. The molecule has 3 rings (SSSR count). The number of nitrogens with zero attached hydrogens (tertiary/aromatic N) is 2. The van der Waals surface area contributed by atoms with Crippen molar-refractivity contribution in [2.45, 2.75) is 12.6 Å². The van der Waals surface area contributed by atoms with E-state index in [1.807, 2.05) is 36.4 Å². The van der Waals surface area contributed by atoms with Crippen molar-refractivity contribution in [3.8, 4) is 5.75 Å². The van der Waals surface area contributed by atoms with Crippen LogP contribution in [0.25, 0.3) is 0 Å². The van der Waals surface area contributed by atoms with Gasteiger partial charge < -0.3 is 15.8 Å². The number of rotatable bonds is 6. The number of nitrogens with one attached hydrogen (secondary N) is 2. The highest BCUT2D eigenvalue weighted by atomic mass is 35.5. The first-order valence-electron chi connectivity index (χ1n) is 7.46. The van der Waals surface area contributed by atoms with Crippen LogP contribution >= 0.6 is 11.6 Å². The number of halogens is 1. The average molecular weight is 344 g/mol. The molecule has 0 unspecified atom stereocenters. The Labute approximate surface area is 145 Å². The first-order valence-corrected chi connectivity index (χ1v) is 7.83. The van der Waals surface area contributed by atoms with Crippen LogP contribution in [0.5, 0.6) is 5.75 Å². The summed E-state index contributed by atoms with van der Waals surface area (Å²) in [6.45, 7) is 0.521. The molecule has 1 aromatic heterocycles. The van der Waals surface area contributed by atoms with Crippen LogP contribution in [0.2, 0.25) is 5.02 Å². The lowest BCUT2D eigenvalue weighted by atomic mass is 10.1. The van der Waals surface area contributed by atoms with Gasteiger partial charge in [-0.3, -0.25) is 5.10 Å². The van der Waals surface area contributed by atoms with Gasteiger partial charge in [-0.2, -0.15) is 5.10 Å². The van der Waals surface area contributed by atoms with Crippen LogP contribution in [0.1, 0.15) is 23.3 Å². The molecule has 0 fully saturated rings. The topological polar surface area (TPSA) is 88.8 Å². The maximum absolute atomic E-state index is 6.20. The third-order valence-electron chi connectivity index (χ3n) is 3.61. The SMILES string of the molecule is COc1ccc(NCc2nc([C@H](N)c3ccc(Cl)cc3)n[nH]2)cc1. The predicted octanol–water partition coefficient (Wildman–Crippen LogP) is 3.13. The van der Waals surface area contributed by atoms with E-state index in [1.165, 1.54) is 0 Å². The summed E-state index contributed by atoms with van der Waals surface area (Å²) >= 11 is 5.89. The van der Waals surface area contributed by atoms with Crippen LogP contribution < -0.4 is 15.8 Å². The zero-order valence-electron chi connectivity index (χ0n) is 13.2. The van der Waals surface area contributed by atoms with Crippen molar-refractivity contribution >= 4 is 17.3 Å². The molecule has 0 spiro atoms. The third-order valence-corrected chi connectivity index (χ3v) is 3.86. The van der Waals surface area contributed by atoms with E-state index in [4.69, 9.17) is 22.1 Å². The maximum Gasteiger partial charge on any atom is 0.171 e. The average Bonchev–Trinajstić information content (AvgIpc) is 3.09. The van der Waals surface area contributed by atoms with Gasteiger partial charge in [-0.25, -0.2) is 4.98 Å². The van der Waals surface area contributed by atoms with E-state index in [1.54, 1.807) is 19.2 Å². The number of hydrogen-bond acceptors (Lipinski definition) is 5. The first kappa shape index (κ1) is 16.3. The maximum atomic E-state index is 6.20. The standard InChI is InChI=1S/C17H18ClN5O/c1-24-14-8-6-13(7-9-14)20-10-15-21-17(23-22-15)16(19)11-2-4-12(18)5-3-11/h2-9,16,20H,10,19H2,1H3,(H,21,22,23)/t16-/m1/s1. The number of ether oxygens (including phenoxy) is 1. The molecule has 0 saturated carbocycles. The number of methoxy groups -OCH3 is 1. The molecule has 1 heterocycles. The molecule has 0 saturated heterocycles. The Bertz CT molecular complexity index is 786. The van der Waals surface area contributed by atoms with Gasteiger partial charge in [0, 0.05) is 10.7 Å². The summed E-state index contributed by atoms with van der Waals surface area (Å²) in [5, 5.41) is 11.0. The molecular formula is C17H18ClN5O. The summed E-state index contributed by atoms with van der Waals surface area (Å²) < 4.78 is 5.13. The highest BCUT2D eigenvalue weighted by Crippen LogP contribution is 2.19. The summed E-state index contributed by atoms with van der Waals surface area (Å²) in [4.78, 5) is 4.45. The van der Waals surface area contributed by atoms with E-state index in [-0.39, 0.29) is 0 Å². The first-order chi connectivity index (χ1) is 11.7. The van der Waals surface area contributed by atoms with E-state index >= 15 is 0 Å². The second kappa shape index (κ2) is 7.33. The fourth-order valence-electron chi connectivity index (χ4n) is 2.24. The van der Waals surface area contributed by atoms with E-state index in [0.29, 0.717) is 23.2 Å². The molecule has 4 N–H and O–H groups in total. The fraction of sp³-hybridized carbons (Fsp3) is 0.176. The van der Waals surface area contributed by atoms with Gasteiger partial charge in [-0.1, -0.05) is 23.7 Å². The van der Waals surface area contributed by atoms with E-state index < -0.39 is 6.04 Å². The number of aromatic nitrogens is 3. The van der Waals surface area contributed by atoms with Crippen LogP contribution in [-0.4, -0.2) is 22.3 Å². The van der Waals surface area contributed by atoms with Crippen LogP contribution in [0.3, 0.4) is 0 Å². The number of hydrogen-bond donors (Lipinski definition) is 3. The Hall–Kier alpha value is -2.57. The molecule has 0 aliphatic rings. The fourth-order valence-corrected chi connectivity index (χ4v) is 2.37. The minimum atomic E-state index is -0.395. The van der Waals surface area contributed by atoms with Crippen LogP contribution in [0, 0.1) is 0 Å². The lowest BCUT2D eigenvalue weighted by molar-refractivity contribution is 0.415. The second-order valence-electron chi connectivity index (χ2n) is 5.25. The van der Waals surface area contributed by atoms with Crippen LogP contribution in [-0.2, 0) is 6.54 Å². The van der Waals surface area contributed by atoms with Gasteiger partial charge in [0.2, 0.25) is 0 Å². The third kappa shape index (κ3) is 3.84. The van der Waals surface area contributed by atoms with Gasteiger partial charge in [-0.15, -0.1) is 0 Å². The molecule has 0 aliphatic carbocycles. The van der Waals surface area contributed by atoms with Crippen molar-refractivity contribution < 1.29 is 4.74 Å². The molecule has 0 aliphatic heterocycles. The molecule has 124 valence electrons. The van der Waals surface area contributed by atoms with Crippen molar-refractivity contribution in [3.63, 3.8) is 0 Å². The van der Waals surface area contributed by atoms with Crippen LogP contribution in [0.4, 0.5) is 5.69 Å².